The monoisotopic (exact) mass is 424 g/mol. The molecule has 9 heteroatoms. The average Bonchev–Trinajstić information content (AvgIpc) is 3.16. The number of aromatic nitrogens is 2. The number of nitrogens with one attached hydrogen (secondary N) is 1. The van der Waals surface area contributed by atoms with Crippen LogP contribution in [0.15, 0.2) is 66.9 Å². The first-order valence-electron chi connectivity index (χ1n) is 8.77. The van der Waals surface area contributed by atoms with Gasteiger partial charge < -0.3 is 10.5 Å². The topological polar surface area (TPSA) is 116 Å². The number of urea groups is 1. The van der Waals surface area contributed by atoms with Crippen LogP contribution in [-0.2, 0) is 14.3 Å². The van der Waals surface area contributed by atoms with E-state index in [1.165, 1.54) is 12.2 Å². The van der Waals surface area contributed by atoms with Gasteiger partial charge in [-0.05, 0) is 30.3 Å². The van der Waals surface area contributed by atoms with Gasteiger partial charge in [0.15, 0.2) is 6.61 Å². The molecule has 0 fully saturated rings. The van der Waals surface area contributed by atoms with E-state index in [4.69, 9.17) is 22.1 Å². The second kappa shape index (κ2) is 9.53. The third-order valence-electron chi connectivity index (χ3n) is 3.89. The number of nitrogens with two attached hydrogens (primary N) is 1. The summed E-state index contributed by atoms with van der Waals surface area (Å²) in [7, 11) is 0. The summed E-state index contributed by atoms with van der Waals surface area (Å²) in [6.45, 7) is -0.626. The predicted molar refractivity (Wildman–Crippen MR) is 112 cm³/mol. The molecule has 0 spiro atoms. The van der Waals surface area contributed by atoms with Gasteiger partial charge in [-0.1, -0.05) is 41.9 Å². The lowest BCUT2D eigenvalue weighted by atomic mass is 10.1. The van der Waals surface area contributed by atoms with Gasteiger partial charge in [0, 0.05) is 28.4 Å². The van der Waals surface area contributed by atoms with Gasteiger partial charge in [0.2, 0.25) is 0 Å². The fraction of sp³-hybridized carbons (Fsp3) is 0.0476. The van der Waals surface area contributed by atoms with Crippen molar-refractivity contribution in [3.63, 3.8) is 0 Å². The van der Waals surface area contributed by atoms with Crippen LogP contribution in [0.3, 0.4) is 0 Å². The highest BCUT2D eigenvalue weighted by Crippen LogP contribution is 2.26. The number of benzene rings is 2. The molecule has 3 aromatic rings. The van der Waals surface area contributed by atoms with Crippen molar-refractivity contribution in [2.75, 3.05) is 6.61 Å². The normalized spacial score (nSPS) is 10.7. The molecule has 0 unspecified atom stereocenters. The zero-order chi connectivity index (χ0) is 21.5. The highest BCUT2D eigenvalue weighted by molar-refractivity contribution is 6.30. The largest absolute Gasteiger partial charge is 0.452 e. The van der Waals surface area contributed by atoms with Gasteiger partial charge in [-0.25, -0.2) is 14.3 Å². The van der Waals surface area contributed by atoms with E-state index in [-0.39, 0.29) is 0 Å². The molecule has 3 rings (SSSR count). The van der Waals surface area contributed by atoms with E-state index in [2.05, 4.69) is 5.10 Å². The lowest BCUT2D eigenvalue weighted by molar-refractivity contribution is -0.143. The van der Waals surface area contributed by atoms with Crippen LogP contribution in [0.25, 0.3) is 23.0 Å². The minimum absolute atomic E-state index is 0.594. The van der Waals surface area contributed by atoms with E-state index in [0.717, 1.165) is 11.3 Å². The number of hydrogen-bond donors (Lipinski definition) is 2. The fourth-order valence-electron chi connectivity index (χ4n) is 2.57. The number of primary amides is 1. The van der Waals surface area contributed by atoms with Crippen LogP contribution in [0.4, 0.5) is 4.79 Å². The molecule has 30 heavy (non-hydrogen) atoms. The molecule has 0 atom stereocenters. The molecule has 0 saturated heterocycles. The van der Waals surface area contributed by atoms with Gasteiger partial charge in [-0.15, -0.1) is 0 Å². The Bertz CT molecular complexity index is 1090. The third kappa shape index (κ3) is 5.55. The van der Waals surface area contributed by atoms with Gasteiger partial charge in [-0.2, -0.15) is 5.10 Å². The molecule has 3 N–H and O–H groups in total. The molecule has 0 bridgehead atoms. The number of rotatable bonds is 6. The van der Waals surface area contributed by atoms with Gasteiger partial charge in [0.05, 0.1) is 11.4 Å². The summed E-state index contributed by atoms with van der Waals surface area (Å²) in [6, 6.07) is 15.6. The second-order valence-corrected chi connectivity index (χ2v) is 6.51. The minimum atomic E-state index is -1.02. The molecule has 0 saturated carbocycles. The summed E-state index contributed by atoms with van der Waals surface area (Å²) in [6.07, 6.45) is 4.47. The van der Waals surface area contributed by atoms with Gasteiger partial charge in [-0.3, -0.25) is 10.1 Å². The highest BCUT2D eigenvalue weighted by Gasteiger charge is 2.12. The first-order valence-corrected chi connectivity index (χ1v) is 9.15. The molecule has 0 radical (unpaired) electrons. The lowest BCUT2D eigenvalue weighted by Gasteiger charge is -2.01. The average molecular weight is 425 g/mol. The van der Waals surface area contributed by atoms with Crippen molar-refractivity contribution < 1.29 is 19.1 Å². The van der Waals surface area contributed by atoms with Crippen molar-refractivity contribution in [2.24, 2.45) is 5.73 Å². The Morgan fingerprint density at radius 1 is 1.10 bits per heavy atom. The number of ether oxygens (including phenoxy) is 1. The van der Waals surface area contributed by atoms with Crippen molar-refractivity contribution in [1.82, 2.24) is 15.1 Å². The predicted octanol–water partition coefficient (Wildman–Crippen LogP) is 2.94. The molecule has 152 valence electrons. The Hall–Kier alpha value is -3.91. The van der Waals surface area contributed by atoms with Crippen LogP contribution in [0, 0.1) is 0 Å². The number of amides is 3. The van der Waals surface area contributed by atoms with E-state index in [1.54, 1.807) is 28.3 Å². The standard InChI is InChI=1S/C21H17ClN4O4/c22-16-9-6-14(7-10-16)20-15(12-26(25-20)17-4-2-1-3-5-17)8-11-19(28)30-13-18(27)24-21(23)29/h1-12H,13H2,(H3,23,24,27,29)/b11-8+. The van der Waals surface area contributed by atoms with Crippen LogP contribution < -0.4 is 11.1 Å². The summed E-state index contributed by atoms with van der Waals surface area (Å²) in [5.41, 5.74) is 7.76. The van der Waals surface area contributed by atoms with Crippen molar-refractivity contribution in [2.45, 2.75) is 0 Å². The Morgan fingerprint density at radius 3 is 2.47 bits per heavy atom. The first kappa shape index (κ1) is 20.8. The maximum absolute atomic E-state index is 11.9. The molecule has 0 aliphatic heterocycles. The van der Waals surface area contributed by atoms with Crippen molar-refractivity contribution in [3.05, 3.63) is 77.5 Å². The SMILES string of the molecule is NC(=O)NC(=O)COC(=O)/C=C/c1cn(-c2ccccc2)nc1-c1ccc(Cl)cc1. The molecule has 1 aromatic heterocycles. The minimum Gasteiger partial charge on any atom is -0.452 e. The van der Waals surface area contributed by atoms with Crippen LogP contribution in [0.2, 0.25) is 5.02 Å². The molecule has 3 amide bonds. The summed E-state index contributed by atoms with van der Waals surface area (Å²) >= 11 is 5.97. The molecule has 0 aliphatic rings. The zero-order valence-corrected chi connectivity index (χ0v) is 16.4. The molecular formula is C21H17ClN4O4. The van der Waals surface area contributed by atoms with Gasteiger partial charge in [0.25, 0.3) is 5.91 Å². The van der Waals surface area contributed by atoms with E-state index < -0.39 is 24.5 Å². The van der Waals surface area contributed by atoms with Crippen molar-refractivity contribution in [1.29, 1.82) is 0 Å². The number of halogens is 1. The van der Waals surface area contributed by atoms with Crippen LogP contribution >= 0.6 is 11.6 Å². The summed E-state index contributed by atoms with van der Waals surface area (Å²) in [5, 5.41) is 7.02. The Kier molecular flexibility index (Phi) is 6.61. The van der Waals surface area contributed by atoms with Crippen LogP contribution in [-0.4, -0.2) is 34.3 Å². The molecule has 1 heterocycles. The summed E-state index contributed by atoms with van der Waals surface area (Å²) in [5.74, 6) is -1.58. The van der Waals surface area contributed by atoms with Crippen molar-refractivity contribution in [3.8, 4) is 16.9 Å². The maximum atomic E-state index is 11.9. The van der Waals surface area contributed by atoms with E-state index in [1.807, 2.05) is 42.5 Å². The lowest BCUT2D eigenvalue weighted by Crippen LogP contribution is -2.37. The van der Waals surface area contributed by atoms with Gasteiger partial charge >= 0.3 is 12.0 Å². The quantitative estimate of drug-likeness (QED) is 0.466. The van der Waals surface area contributed by atoms with E-state index in [0.29, 0.717) is 16.3 Å². The number of esters is 1. The smallest absolute Gasteiger partial charge is 0.331 e. The number of carbonyl (C=O) groups excluding carboxylic acids is 3. The van der Waals surface area contributed by atoms with E-state index in [9.17, 15) is 14.4 Å². The van der Waals surface area contributed by atoms with Crippen LogP contribution in [0.5, 0.6) is 0 Å². The summed E-state index contributed by atoms with van der Waals surface area (Å²) in [4.78, 5) is 33.8. The zero-order valence-electron chi connectivity index (χ0n) is 15.6. The molecular weight excluding hydrogens is 408 g/mol. The Morgan fingerprint density at radius 2 is 1.80 bits per heavy atom. The maximum Gasteiger partial charge on any atom is 0.331 e. The number of nitrogens with zero attached hydrogens (tertiary/aromatic N) is 2. The Labute approximate surface area is 176 Å². The van der Waals surface area contributed by atoms with Crippen molar-refractivity contribution >= 4 is 35.6 Å². The van der Waals surface area contributed by atoms with E-state index >= 15 is 0 Å². The number of para-hydroxylation sites is 1. The van der Waals surface area contributed by atoms with Crippen LogP contribution in [0.1, 0.15) is 5.56 Å². The Balaban J connectivity index is 1.83. The second-order valence-electron chi connectivity index (χ2n) is 6.07. The third-order valence-corrected chi connectivity index (χ3v) is 4.14. The molecule has 8 nitrogen and oxygen atoms in total. The fourth-order valence-corrected chi connectivity index (χ4v) is 2.70. The number of hydrogen-bond acceptors (Lipinski definition) is 5. The first-order chi connectivity index (χ1) is 14.4. The number of carbonyl (C=O) groups is 3. The molecule has 0 aliphatic carbocycles. The van der Waals surface area contributed by atoms with Gasteiger partial charge in [0.1, 0.15) is 0 Å². The highest BCUT2D eigenvalue weighted by atomic mass is 35.5. The number of imide groups is 1. The summed E-state index contributed by atoms with van der Waals surface area (Å²) < 4.78 is 6.48. The molecule has 2 aromatic carbocycles.